The highest BCUT2D eigenvalue weighted by Gasteiger charge is 2.18. The van der Waals surface area contributed by atoms with E-state index in [2.05, 4.69) is 89.5 Å². The summed E-state index contributed by atoms with van der Waals surface area (Å²) in [5, 5.41) is 0. The second-order valence-electron chi connectivity index (χ2n) is 5.96. The molecule has 0 fully saturated rings. The molecule has 0 aromatic heterocycles. The summed E-state index contributed by atoms with van der Waals surface area (Å²) in [7, 11) is 4.23. The number of hydrogen-bond donors (Lipinski definition) is 0. The fourth-order valence-electron chi connectivity index (χ4n) is 3.02. The first-order valence-corrected chi connectivity index (χ1v) is 9.26. The van der Waals surface area contributed by atoms with Crippen LogP contribution in [0.15, 0.2) is 78.9 Å². The van der Waals surface area contributed by atoms with Gasteiger partial charge in [-0.2, -0.15) is 13.5 Å². The molecule has 0 N–H and O–H groups in total. The quantitative estimate of drug-likeness (QED) is 0.446. The molecule has 2 aromatic rings. The van der Waals surface area contributed by atoms with Crippen LogP contribution in [0.2, 0.25) is 0 Å². The highest BCUT2D eigenvalue weighted by atomic mass is 32.2. The van der Waals surface area contributed by atoms with Crippen LogP contribution in [0, 0.1) is 0 Å². The number of nitrogens with zero attached hydrogens (tertiary/aromatic N) is 2. The van der Waals surface area contributed by atoms with Gasteiger partial charge in [-0.15, -0.1) is 0 Å². The predicted molar refractivity (Wildman–Crippen MR) is 123 cm³/mol. The molecular weight excluding hydrogens is 356 g/mol. The molecule has 0 bridgehead atoms. The van der Waals surface area contributed by atoms with E-state index in [1.807, 2.05) is 19.1 Å². The maximum atomic E-state index is 2.31. The number of anilines is 2. The molecule has 26 heavy (non-hydrogen) atoms. The van der Waals surface area contributed by atoms with Crippen molar-refractivity contribution in [2.75, 3.05) is 22.7 Å². The normalized spacial score (nSPS) is 12.8. The van der Waals surface area contributed by atoms with Crippen molar-refractivity contribution < 1.29 is 0 Å². The number of rotatable bonds is 6. The van der Waals surface area contributed by atoms with E-state index in [4.69, 9.17) is 0 Å². The van der Waals surface area contributed by atoms with Gasteiger partial charge in [0, 0.05) is 19.8 Å². The first-order valence-electron chi connectivity index (χ1n) is 8.53. The van der Waals surface area contributed by atoms with Crippen LogP contribution in [-0.4, -0.2) is 14.1 Å². The van der Waals surface area contributed by atoms with Gasteiger partial charge in [0.15, 0.2) is 0 Å². The Morgan fingerprint density at radius 2 is 1.69 bits per heavy atom. The van der Waals surface area contributed by atoms with Crippen molar-refractivity contribution in [3.8, 4) is 0 Å². The number of hydrogen-bond acceptors (Lipinski definition) is 3. The molecule has 0 saturated carbocycles. The summed E-state index contributed by atoms with van der Waals surface area (Å²) in [6, 6.07) is 17.0. The van der Waals surface area contributed by atoms with Crippen LogP contribution in [0.5, 0.6) is 0 Å². The smallest absolute Gasteiger partial charge is 0.0708 e. The Kier molecular flexibility index (Phi) is 7.49. The molecule has 4 heteroatoms. The van der Waals surface area contributed by atoms with Gasteiger partial charge in [-0.25, -0.2) is 0 Å². The van der Waals surface area contributed by atoms with E-state index in [0.717, 1.165) is 6.42 Å². The van der Waals surface area contributed by atoms with Crippen molar-refractivity contribution in [3.05, 3.63) is 90.0 Å². The Labute approximate surface area is 168 Å². The monoisotopic (exact) mass is 382 g/mol. The first kappa shape index (κ1) is 20.3. The number of fused-ring (bicyclic) bond motifs is 1. The number of allylic oxidation sites excluding steroid dienone is 6. The minimum atomic E-state index is 0. The lowest BCUT2D eigenvalue weighted by atomic mass is 10.0. The van der Waals surface area contributed by atoms with Crippen LogP contribution >= 0.6 is 25.6 Å². The lowest BCUT2D eigenvalue weighted by molar-refractivity contribution is 1.23. The van der Waals surface area contributed by atoms with Gasteiger partial charge in [-0.3, -0.25) is 0 Å². The summed E-state index contributed by atoms with van der Waals surface area (Å²) in [4.78, 5) is 0. The Bertz CT molecular complexity index is 810. The first-order chi connectivity index (χ1) is 12.2. The molecule has 0 unspecified atom stereocenters. The van der Waals surface area contributed by atoms with Gasteiger partial charge < -0.3 is 8.61 Å². The van der Waals surface area contributed by atoms with Gasteiger partial charge in [0.25, 0.3) is 0 Å². The minimum absolute atomic E-state index is 0. The molecule has 0 radical (unpaired) electrons. The fraction of sp³-hybridized carbons (Fsp3) is 0.182. The number of para-hydroxylation sites is 1. The fourth-order valence-corrected chi connectivity index (χ4v) is 3.86. The van der Waals surface area contributed by atoms with E-state index in [0.29, 0.717) is 0 Å². The highest BCUT2D eigenvalue weighted by molar-refractivity contribution is 8.01. The molecule has 0 spiro atoms. The Morgan fingerprint density at radius 3 is 2.42 bits per heavy atom. The largest absolute Gasteiger partial charge is 0.302 e. The van der Waals surface area contributed by atoms with Crippen molar-refractivity contribution in [2.45, 2.75) is 13.3 Å². The van der Waals surface area contributed by atoms with Gasteiger partial charge >= 0.3 is 0 Å². The molecule has 2 nitrogen and oxygen atoms in total. The molecular formula is C22H26N2S2. The SMILES string of the molecule is C/C=C\C=C/C1=CCc2c1cccc2N(C)SN(C)c1ccccc1.S. The van der Waals surface area contributed by atoms with Crippen molar-refractivity contribution in [1.82, 2.24) is 0 Å². The lowest BCUT2D eigenvalue weighted by Gasteiger charge is -2.27. The number of benzene rings is 2. The zero-order chi connectivity index (χ0) is 17.6. The van der Waals surface area contributed by atoms with Crippen LogP contribution in [0.4, 0.5) is 11.4 Å². The summed E-state index contributed by atoms with van der Waals surface area (Å²) in [6.07, 6.45) is 11.7. The zero-order valence-corrected chi connectivity index (χ0v) is 17.3. The topological polar surface area (TPSA) is 6.48 Å². The van der Waals surface area contributed by atoms with Gasteiger partial charge in [0.1, 0.15) is 0 Å². The van der Waals surface area contributed by atoms with Crippen LogP contribution in [0.1, 0.15) is 18.1 Å². The Balaban J connectivity index is 0.00000243. The van der Waals surface area contributed by atoms with Crippen molar-refractivity contribution >= 4 is 42.6 Å². The summed E-state index contributed by atoms with van der Waals surface area (Å²) < 4.78 is 4.44. The maximum Gasteiger partial charge on any atom is 0.0708 e. The van der Waals surface area contributed by atoms with E-state index in [1.54, 1.807) is 12.1 Å². The molecule has 0 atom stereocenters. The Morgan fingerprint density at radius 1 is 0.923 bits per heavy atom. The third-order valence-electron chi connectivity index (χ3n) is 4.27. The summed E-state index contributed by atoms with van der Waals surface area (Å²) >= 11 is 1.71. The average molecular weight is 383 g/mol. The Hall–Kier alpha value is -2.04. The van der Waals surface area contributed by atoms with Crippen LogP contribution < -0.4 is 8.61 Å². The van der Waals surface area contributed by atoms with E-state index in [9.17, 15) is 0 Å². The van der Waals surface area contributed by atoms with E-state index in [1.165, 1.54) is 28.1 Å². The standard InChI is InChI=1S/C22H24N2S.H2S/c1-4-5-7-11-18-16-17-21-20(18)14-10-15-22(21)24(3)25-23(2)19-12-8-6-9-13-19;/h4-16H,17H2,1-3H3;1H2/b5-4-,11-7-;. The van der Waals surface area contributed by atoms with Gasteiger partial charge in [-0.05, 0) is 48.2 Å². The third-order valence-corrected chi connectivity index (χ3v) is 5.17. The molecule has 1 aliphatic carbocycles. The second kappa shape index (κ2) is 9.60. The van der Waals surface area contributed by atoms with Gasteiger partial charge in [-0.1, -0.05) is 60.7 Å². The summed E-state index contributed by atoms with van der Waals surface area (Å²) in [5.74, 6) is 0. The molecule has 2 aromatic carbocycles. The molecule has 1 aliphatic rings. The highest BCUT2D eigenvalue weighted by Crippen LogP contribution is 2.37. The van der Waals surface area contributed by atoms with Gasteiger partial charge in [0.05, 0.1) is 17.8 Å². The maximum absolute atomic E-state index is 2.31. The molecule has 3 rings (SSSR count). The molecule has 0 heterocycles. The summed E-state index contributed by atoms with van der Waals surface area (Å²) in [6.45, 7) is 2.04. The van der Waals surface area contributed by atoms with E-state index in [-0.39, 0.29) is 13.5 Å². The lowest BCUT2D eigenvalue weighted by Crippen LogP contribution is -2.19. The van der Waals surface area contributed by atoms with Crippen LogP contribution in [0.25, 0.3) is 5.57 Å². The van der Waals surface area contributed by atoms with Crippen molar-refractivity contribution in [2.24, 2.45) is 0 Å². The zero-order valence-electron chi connectivity index (χ0n) is 15.5. The van der Waals surface area contributed by atoms with E-state index >= 15 is 0 Å². The molecule has 0 saturated heterocycles. The van der Waals surface area contributed by atoms with Crippen LogP contribution in [-0.2, 0) is 6.42 Å². The van der Waals surface area contributed by atoms with Crippen LogP contribution in [0.3, 0.4) is 0 Å². The predicted octanol–water partition coefficient (Wildman–Crippen LogP) is 6.01. The van der Waals surface area contributed by atoms with Gasteiger partial charge in [0.2, 0.25) is 0 Å². The second-order valence-corrected chi connectivity index (χ2v) is 7.22. The molecule has 136 valence electrons. The molecule has 0 aliphatic heterocycles. The minimum Gasteiger partial charge on any atom is -0.302 e. The van der Waals surface area contributed by atoms with E-state index < -0.39 is 0 Å². The van der Waals surface area contributed by atoms with Crippen molar-refractivity contribution in [3.63, 3.8) is 0 Å². The van der Waals surface area contributed by atoms with Crippen molar-refractivity contribution in [1.29, 1.82) is 0 Å². The average Bonchev–Trinajstić information content (AvgIpc) is 3.06. The molecule has 0 amide bonds. The third kappa shape index (κ3) is 4.57. The summed E-state index contributed by atoms with van der Waals surface area (Å²) in [5.41, 5.74) is 6.52.